The summed E-state index contributed by atoms with van der Waals surface area (Å²) in [7, 11) is 3.53. The van der Waals surface area contributed by atoms with Crippen molar-refractivity contribution in [2.75, 3.05) is 7.11 Å². The van der Waals surface area contributed by atoms with E-state index in [0.29, 0.717) is 0 Å². The van der Waals surface area contributed by atoms with Crippen molar-refractivity contribution in [2.24, 2.45) is 7.05 Å². The van der Waals surface area contributed by atoms with Gasteiger partial charge in [-0.3, -0.25) is 14.5 Å². The van der Waals surface area contributed by atoms with Crippen LogP contribution in [-0.4, -0.2) is 26.0 Å². The van der Waals surface area contributed by atoms with E-state index in [4.69, 9.17) is 9.72 Å². The van der Waals surface area contributed by atoms with E-state index in [2.05, 4.69) is 0 Å². The second kappa shape index (κ2) is 6.03. The Morgan fingerprint density at radius 1 is 1.08 bits per heavy atom. The molecule has 2 heterocycles. The number of fused-ring (bicyclic) bond motifs is 1. The molecule has 0 N–H and O–H groups in total. The molecule has 0 unspecified atom stereocenters. The molecule has 26 heavy (non-hydrogen) atoms. The van der Waals surface area contributed by atoms with Crippen LogP contribution < -0.4 is 4.74 Å². The molecule has 4 aromatic rings. The number of methoxy groups -OCH3 is 1. The van der Waals surface area contributed by atoms with E-state index in [9.17, 15) is 10.1 Å². The van der Waals surface area contributed by atoms with E-state index < -0.39 is 0 Å². The lowest BCUT2D eigenvalue weighted by molar-refractivity contribution is -0.384. The Hall–Kier alpha value is -3.61. The summed E-state index contributed by atoms with van der Waals surface area (Å²) in [4.78, 5) is 15.3. The van der Waals surface area contributed by atoms with Gasteiger partial charge in [-0.05, 0) is 24.3 Å². The number of rotatable bonds is 4. The average Bonchev–Trinajstić information content (AvgIpc) is 3.21. The smallest absolute Gasteiger partial charge is 0.270 e. The minimum absolute atomic E-state index is 0.0697. The summed E-state index contributed by atoms with van der Waals surface area (Å²) in [6.45, 7) is 0. The van der Waals surface area contributed by atoms with Gasteiger partial charge >= 0.3 is 0 Å². The van der Waals surface area contributed by atoms with Crippen molar-refractivity contribution in [3.63, 3.8) is 0 Å². The lowest BCUT2D eigenvalue weighted by Gasteiger charge is -2.03. The maximum Gasteiger partial charge on any atom is 0.270 e. The van der Waals surface area contributed by atoms with E-state index in [0.717, 1.165) is 34.0 Å². The molecule has 0 atom stereocenters. The summed E-state index contributed by atoms with van der Waals surface area (Å²) in [6, 6.07) is 14.3. The van der Waals surface area contributed by atoms with Crippen LogP contribution >= 0.6 is 0 Å². The normalized spacial score (nSPS) is 11.0. The number of aromatic nitrogens is 3. The predicted molar refractivity (Wildman–Crippen MR) is 98.2 cm³/mol. The largest absolute Gasteiger partial charge is 0.497 e. The first-order chi connectivity index (χ1) is 12.6. The topological polar surface area (TPSA) is 74.6 Å². The van der Waals surface area contributed by atoms with Crippen LogP contribution in [0.25, 0.3) is 28.3 Å². The van der Waals surface area contributed by atoms with Gasteiger partial charge in [0.1, 0.15) is 5.75 Å². The fraction of sp³-hybridized carbons (Fsp3) is 0.105. The zero-order valence-electron chi connectivity index (χ0n) is 14.3. The number of hydrogen-bond acceptors (Lipinski definition) is 4. The summed E-state index contributed by atoms with van der Waals surface area (Å²) in [6.07, 6.45) is 3.87. The Morgan fingerprint density at radius 2 is 1.85 bits per heavy atom. The molecule has 0 saturated carbocycles. The van der Waals surface area contributed by atoms with Gasteiger partial charge in [-0.2, -0.15) is 0 Å². The van der Waals surface area contributed by atoms with Crippen LogP contribution in [-0.2, 0) is 7.05 Å². The maximum atomic E-state index is 11.0. The number of hydrogen-bond donors (Lipinski definition) is 0. The highest BCUT2D eigenvalue weighted by Gasteiger charge is 2.14. The molecule has 7 nitrogen and oxygen atoms in total. The number of non-ortho nitro benzene ring substituents is 1. The van der Waals surface area contributed by atoms with Crippen LogP contribution in [0.1, 0.15) is 0 Å². The number of nitro benzene ring substituents is 1. The van der Waals surface area contributed by atoms with Crippen molar-refractivity contribution < 1.29 is 9.66 Å². The number of imidazole rings is 2. The van der Waals surface area contributed by atoms with Crippen LogP contribution in [0.2, 0.25) is 0 Å². The van der Waals surface area contributed by atoms with Gasteiger partial charge in [0.25, 0.3) is 5.69 Å². The standard InChI is InChI=1S/C19H16N4O3/c1-21-18(14-4-3-5-15(10-14)23(24)25)12-22-11-17(20-19(21)22)13-6-8-16(26-2)9-7-13/h3-12H,1-2H3. The van der Waals surface area contributed by atoms with Crippen molar-refractivity contribution in [1.29, 1.82) is 0 Å². The lowest BCUT2D eigenvalue weighted by atomic mass is 10.1. The third-order valence-corrected chi connectivity index (χ3v) is 4.37. The first kappa shape index (κ1) is 15.9. The summed E-state index contributed by atoms with van der Waals surface area (Å²) < 4.78 is 9.03. The van der Waals surface area contributed by atoms with E-state index in [-0.39, 0.29) is 10.6 Å². The molecule has 2 aromatic heterocycles. The molecule has 0 radical (unpaired) electrons. The summed E-state index contributed by atoms with van der Waals surface area (Å²) in [5.41, 5.74) is 3.55. The van der Waals surface area contributed by atoms with E-state index >= 15 is 0 Å². The Labute approximate surface area is 149 Å². The monoisotopic (exact) mass is 348 g/mol. The Morgan fingerprint density at radius 3 is 2.50 bits per heavy atom. The van der Waals surface area contributed by atoms with Crippen molar-refractivity contribution in [1.82, 2.24) is 14.0 Å². The van der Waals surface area contributed by atoms with Crippen molar-refractivity contribution in [3.8, 4) is 28.3 Å². The highest BCUT2D eigenvalue weighted by atomic mass is 16.6. The van der Waals surface area contributed by atoms with Gasteiger partial charge in [-0.25, -0.2) is 4.98 Å². The SMILES string of the molecule is COc1ccc(-c2cn3cc(-c4cccc([N+](=O)[O-])c4)n(C)c3n2)cc1. The molecule has 0 aliphatic carbocycles. The minimum atomic E-state index is -0.390. The van der Waals surface area contributed by atoms with Gasteiger partial charge in [-0.1, -0.05) is 12.1 Å². The van der Waals surface area contributed by atoms with Gasteiger partial charge in [0.2, 0.25) is 5.78 Å². The Kier molecular flexibility index (Phi) is 3.69. The van der Waals surface area contributed by atoms with Crippen LogP contribution in [0.15, 0.2) is 60.9 Å². The summed E-state index contributed by atoms with van der Waals surface area (Å²) in [5.74, 6) is 1.56. The zero-order valence-corrected chi connectivity index (χ0v) is 14.3. The number of benzene rings is 2. The number of nitrogens with zero attached hydrogens (tertiary/aromatic N) is 4. The highest BCUT2D eigenvalue weighted by Crippen LogP contribution is 2.28. The fourth-order valence-corrected chi connectivity index (χ4v) is 3.00. The van der Waals surface area contributed by atoms with Crippen LogP contribution in [0, 0.1) is 10.1 Å². The molecule has 7 heteroatoms. The Bertz CT molecular complexity index is 1110. The minimum Gasteiger partial charge on any atom is -0.497 e. The quantitative estimate of drug-likeness (QED) is 0.414. The van der Waals surface area contributed by atoms with E-state index in [1.54, 1.807) is 19.2 Å². The van der Waals surface area contributed by atoms with Crippen molar-refractivity contribution in [2.45, 2.75) is 0 Å². The highest BCUT2D eigenvalue weighted by molar-refractivity contribution is 5.68. The zero-order chi connectivity index (χ0) is 18.3. The molecular formula is C19H16N4O3. The third kappa shape index (κ3) is 2.59. The van der Waals surface area contributed by atoms with Crippen LogP contribution in [0.3, 0.4) is 0 Å². The molecule has 0 amide bonds. The molecule has 0 saturated heterocycles. The third-order valence-electron chi connectivity index (χ3n) is 4.37. The first-order valence-electron chi connectivity index (χ1n) is 8.00. The summed E-state index contributed by atoms with van der Waals surface area (Å²) >= 11 is 0. The number of ether oxygens (including phenoxy) is 1. The van der Waals surface area contributed by atoms with Crippen molar-refractivity contribution in [3.05, 3.63) is 71.0 Å². The van der Waals surface area contributed by atoms with Gasteiger partial charge in [0, 0.05) is 42.7 Å². The molecule has 0 bridgehead atoms. The first-order valence-corrected chi connectivity index (χ1v) is 8.00. The molecule has 0 aliphatic heterocycles. The van der Waals surface area contributed by atoms with E-state index in [1.807, 2.05) is 58.7 Å². The maximum absolute atomic E-state index is 11.0. The molecule has 2 aromatic carbocycles. The molecular weight excluding hydrogens is 332 g/mol. The van der Waals surface area contributed by atoms with Gasteiger partial charge in [-0.15, -0.1) is 0 Å². The fourth-order valence-electron chi connectivity index (χ4n) is 3.00. The van der Waals surface area contributed by atoms with Gasteiger partial charge in [0.15, 0.2) is 0 Å². The average molecular weight is 348 g/mol. The van der Waals surface area contributed by atoms with E-state index in [1.165, 1.54) is 6.07 Å². The molecule has 0 fully saturated rings. The predicted octanol–water partition coefficient (Wildman–Crippen LogP) is 3.92. The second-order valence-corrected chi connectivity index (χ2v) is 5.94. The van der Waals surface area contributed by atoms with Gasteiger partial charge in [0.05, 0.1) is 23.4 Å². The van der Waals surface area contributed by atoms with Crippen LogP contribution in [0.4, 0.5) is 5.69 Å². The molecule has 4 rings (SSSR count). The Balaban J connectivity index is 1.76. The lowest BCUT2D eigenvalue weighted by Crippen LogP contribution is -1.94. The van der Waals surface area contributed by atoms with Gasteiger partial charge < -0.3 is 9.30 Å². The van der Waals surface area contributed by atoms with Crippen LogP contribution in [0.5, 0.6) is 5.75 Å². The molecule has 130 valence electrons. The number of aryl methyl sites for hydroxylation is 1. The van der Waals surface area contributed by atoms with Crippen molar-refractivity contribution >= 4 is 11.5 Å². The molecule has 0 aliphatic rings. The summed E-state index contributed by atoms with van der Waals surface area (Å²) in [5, 5.41) is 11.0. The number of nitro groups is 1. The molecule has 0 spiro atoms. The second-order valence-electron chi connectivity index (χ2n) is 5.94.